The van der Waals surface area contributed by atoms with Crippen molar-refractivity contribution < 1.29 is 8.42 Å². The van der Waals surface area contributed by atoms with Crippen molar-refractivity contribution >= 4 is 27.3 Å². The van der Waals surface area contributed by atoms with E-state index in [0.29, 0.717) is 25.0 Å². The average Bonchev–Trinajstić information content (AvgIpc) is 2.89. The molecule has 1 heterocycles. The SMILES string of the molecule is NC(=NCCS(=O)(=O)NCC1CCC1)NCCc1cccs1. The van der Waals surface area contributed by atoms with E-state index >= 15 is 0 Å². The van der Waals surface area contributed by atoms with Gasteiger partial charge in [-0.05, 0) is 36.6 Å². The largest absolute Gasteiger partial charge is 0.370 e. The van der Waals surface area contributed by atoms with Crippen LogP contribution in [0.25, 0.3) is 0 Å². The summed E-state index contributed by atoms with van der Waals surface area (Å²) in [6.45, 7) is 1.43. The topological polar surface area (TPSA) is 96.6 Å². The molecule has 0 amide bonds. The van der Waals surface area contributed by atoms with Gasteiger partial charge in [-0.25, -0.2) is 13.1 Å². The molecule has 2 rings (SSSR count). The molecule has 0 radical (unpaired) electrons. The van der Waals surface area contributed by atoms with Crippen molar-refractivity contribution in [3.05, 3.63) is 22.4 Å². The summed E-state index contributed by atoms with van der Waals surface area (Å²) in [5.74, 6) is 0.792. The van der Waals surface area contributed by atoms with Gasteiger partial charge in [-0.1, -0.05) is 12.5 Å². The fourth-order valence-corrected chi connectivity index (χ4v) is 3.80. The summed E-state index contributed by atoms with van der Waals surface area (Å²) in [7, 11) is -3.24. The van der Waals surface area contributed by atoms with Crippen LogP contribution in [-0.4, -0.2) is 39.8 Å². The highest BCUT2D eigenvalue weighted by Gasteiger charge is 2.19. The Hall–Kier alpha value is -1.12. The lowest BCUT2D eigenvalue weighted by Gasteiger charge is -2.25. The van der Waals surface area contributed by atoms with Gasteiger partial charge in [0.15, 0.2) is 5.96 Å². The van der Waals surface area contributed by atoms with Crippen LogP contribution in [0.1, 0.15) is 24.1 Å². The molecule has 1 aromatic heterocycles. The van der Waals surface area contributed by atoms with Crippen LogP contribution in [0, 0.1) is 5.92 Å². The maximum absolute atomic E-state index is 11.8. The number of nitrogens with one attached hydrogen (secondary N) is 2. The maximum Gasteiger partial charge on any atom is 0.213 e. The molecule has 0 unspecified atom stereocenters. The van der Waals surface area contributed by atoms with Crippen LogP contribution in [0.5, 0.6) is 0 Å². The van der Waals surface area contributed by atoms with E-state index in [1.165, 1.54) is 11.3 Å². The molecular formula is C14H24N4O2S2. The fraction of sp³-hybridized carbons (Fsp3) is 0.643. The first-order valence-corrected chi connectivity index (χ1v) is 10.1. The van der Waals surface area contributed by atoms with E-state index < -0.39 is 10.0 Å². The monoisotopic (exact) mass is 344 g/mol. The van der Waals surface area contributed by atoms with Gasteiger partial charge in [-0.3, -0.25) is 4.99 Å². The Bertz CT molecular complexity index is 566. The van der Waals surface area contributed by atoms with E-state index in [1.807, 2.05) is 11.4 Å². The molecule has 0 spiro atoms. The Labute approximate surface area is 136 Å². The third kappa shape index (κ3) is 6.33. The van der Waals surface area contributed by atoms with Gasteiger partial charge in [0.2, 0.25) is 10.0 Å². The van der Waals surface area contributed by atoms with Gasteiger partial charge in [0.25, 0.3) is 0 Å². The van der Waals surface area contributed by atoms with Crippen molar-refractivity contribution in [3.8, 4) is 0 Å². The molecule has 1 aliphatic rings. The van der Waals surface area contributed by atoms with Crippen LogP contribution in [0.15, 0.2) is 22.5 Å². The van der Waals surface area contributed by atoms with E-state index in [9.17, 15) is 8.42 Å². The molecule has 1 fully saturated rings. The molecule has 22 heavy (non-hydrogen) atoms. The summed E-state index contributed by atoms with van der Waals surface area (Å²) in [4.78, 5) is 5.34. The van der Waals surface area contributed by atoms with E-state index in [-0.39, 0.29) is 12.3 Å². The molecule has 8 heteroatoms. The van der Waals surface area contributed by atoms with E-state index in [4.69, 9.17) is 5.73 Å². The van der Waals surface area contributed by atoms with E-state index in [0.717, 1.165) is 19.3 Å². The third-order valence-electron chi connectivity index (χ3n) is 3.72. The molecule has 1 aliphatic carbocycles. The summed E-state index contributed by atoms with van der Waals surface area (Å²) >= 11 is 1.70. The molecule has 0 aliphatic heterocycles. The van der Waals surface area contributed by atoms with Crippen molar-refractivity contribution in [3.63, 3.8) is 0 Å². The van der Waals surface area contributed by atoms with Gasteiger partial charge >= 0.3 is 0 Å². The Morgan fingerprint density at radius 2 is 2.27 bits per heavy atom. The highest BCUT2D eigenvalue weighted by atomic mass is 32.2. The summed E-state index contributed by atoms with van der Waals surface area (Å²) in [5.41, 5.74) is 5.72. The second kappa shape index (κ2) is 8.50. The van der Waals surface area contributed by atoms with Crippen LogP contribution in [0.3, 0.4) is 0 Å². The average molecular weight is 345 g/mol. The number of hydrogen-bond acceptors (Lipinski definition) is 4. The van der Waals surface area contributed by atoms with Crippen molar-refractivity contribution in [2.75, 3.05) is 25.4 Å². The van der Waals surface area contributed by atoms with Crippen LogP contribution in [0.2, 0.25) is 0 Å². The predicted molar refractivity (Wildman–Crippen MR) is 91.6 cm³/mol. The Balaban J connectivity index is 1.60. The van der Waals surface area contributed by atoms with Gasteiger partial charge in [-0.2, -0.15) is 0 Å². The number of sulfonamides is 1. The summed E-state index contributed by atoms with van der Waals surface area (Å²) in [5, 5.41) is 5.03. The lowest BCUT2D eigenvalue weighted by Crippen LogP contribution is -2.36. The fourth-order valence-electron chi connectivity index (χ4n) is 2.12. The zero-order chi connectivity index (χ0) is 15.8. The maximum atomic E-state index is 11.8. The normalized spacial score (nSPS) is 16.5. The van der Waals surface area contributed by atoms with E-state index in [1.54, 1.807) is 11.3 Å². The van der Waals surface area contributed by atoms with Crippen molar-refractivity contribution in [1.82, 2.24) is 10.0 Å². The van der Waals surface area contributed by atoms with Gasteiger partial charge in [0, 0.05) is 18.0 Å². The minimum Gasteiger partial charge on any atom is -0.370 e. The van der Waals surface area contributed by atoms with Crippen LogP contribution in [0.4, 0.5) is 0 Å². The zero-order valence-corrected chi connectivity index (χ0v) is 14.3. The van der Waals surface area contributed by atoms with Crippen LogP contribution < -0.4 is 15.8 Å². The van der Waals surface area contributed by atoms with Gasteiger partial charge in [0.1, 0.15) is 0 Å². The molecule has 0 saturated heterocycles. The highest BCUT2D eigenvalue weighted by Crippen LogP contribution is 2.25. The number of nitrogens with two attached hydrogens (primary N) is 1. The van der Waals surface area contributed by atoms with Crippen LogP contribution >= 0.6 is 11.3 Å². The molecule has 0 bridgehead atoms. The summed E-state index contributed by atoms with van der Waals surface area (Å²) < 4.78 is 26.2. The molecule has 6 nitrogen and oxygen atoms in total. The van der Waals surface area contributed by atoms with Gasteiger partial charge < -0.3 is 11.1 Å². The molecule has 0 aromatic carbocycles. The first kappa shape index (κ1) is 17.2. The van der Waals surface area contributed by atoms with Crippen LogP contribution in [-0.2, 0) is 16.4 Å². The number of rotatable bonds is 9. The molecular weight excluding hydrogens is 320 g/mol. The number of nitrogens with zero attached hydrogens (tertiary/aromatic N) is 1. The van der Waals surface area contributed by atoms with Crippen molar-refractivity contribution in [2.45, 2.75) is 25.7 Å². The second-order valence-corrected chi connectivity index (χ2v) is 8.45. The van der Waals surface area contributed by atoms with E-state index in [2.05, 4.69) is 21.1 Å². The molecule has 1 aromatic rings. The zero-order valence-electron chi connectivity index (χ0n) is 12.6. The molecule has 124 valence electrons. The third-order valence-corrected chi connectivity index (χ3v) is 5.98. The number of aliphatic imine (C=N–C) groups is 1. The summed E-state index contributed by atoms with van der Waals surface area (Å²) in [6, 6.07) is 4.08. The molecule has 1 saturated carbocycles. The van der Waals surface area contributed by atoms with Gasteiger partial charge in [-0.15, -0.1) is 11.3 Å². The quantitative estimate of drug-likeness (QED) is 0.458. The predicted octanol–water partition coefficient (Wildman–Crippen LogP) is 0.914. The first-order chi connectivity index (χ1) is 10.6. The Morgan fingerprint density at radius 1 is 1.45 bits per heavy atom. The van der Waals surface area contributed by atoms with Crippen molar-refractivity contribution in [1.29, 1.82) is 0 Å². The molecule has 0 atom stereocenters. The summed E-state index contributed by atoms with van der Waals surface area (Å²) in [6.07, 6.45) is 4.35. The minimum absolute atomic E-state index is 0.0208. The molecule has 4 N–H and O–H groups in total. The lowest BCUT2D eigenvalue weighted by molar-refractivity contribution is 0.316. The smallest absolute Gasteiger partial charge is 0.213 e. The number of thiophene rings is 1. The minimum atomic E-state index is -3.24. The second-order valence-electron chi connectivity index (χ2n) is 5.49. The number of guanidine groups is 1. The van der Waals surface area contributed by atoms with Gasteiger partial charge in [0.05, 0.1) is 12.3 Å². The lowest BCUT2D eigenvalue weighted by atomic mass is 9.86. The highest BCUT2D eigenvalue weighted by molar-refractivity contribution is 7.89. The van der Waals surface area contributed by atoms with Crippen molar-refractivity contribution in [2.24, 2.45) is 16.6 Å². The standard InChI is InChI=1S/C14H24N4O2S2/c15-14(16-7-6-13-5-2-9-21-13)17-8-10-22(19,20)18-11-12-3-1-4-12/h2,5,9,12,18H,1,3-4,6-8,10-11H2,(H3,15,16,17). The first-order valence-electron chi connectivity index (χ1n) is 7.59. The Kier molecular flexibility index (Phi) is 6.66. The number of hydrogen-bond donors (Lipinski definition) is 3. The Morgan fingerprint density at radius 3 is 2.91 bits per heavy atom.